The van der Waals surface area contributed by atoms with Crippen LogP contribution < -0.4 is 35.1 Å². The van der Waals surface area contributed by atoms with Gasteiger partial charge < -0.3 is 35.1 Å². The van der Waals surface area contributed by atoms with Gasteiger partial charge in [0.05, 0.1) is 11.6 Å². The Balaban J connectivity index is 0.806. The second kappa shape index (κ2) is 29.3. The van der Waals surface area contributed by atoms with Crippen LogP contribution in [0.5, 0.6) is 0 Å². The number of nitrogens with zero attached hydrogens (tertiary/aromatic N) is 6. The first kappa shape index (κ1) is 62.7. The Hall–Kier alpha value is -12.4. The minimum atomic E-state index is -0.911. The van der Waals surface area contributed by atoms with Gasteiger partial charge in [-0.1, -0.05) is 194 Å². The summed E-state index contributed by atoms with van der Waals surface area (Å²) in [7, 11) is 0. The van der Waals surface area contributed by atoms with Crippen LogP contribution in [0.25, 0.3) is 0 Å². The summed E-state index contributed by atoms with van der Waals surface area (Å²) in [5, 5.41) is 0. The van der Waals surface area contributed by atoms with Crippen molar-refractivity contribution in [3.05, 3.63) is 417 Å². The monoisotopic (exact) mass is 1280 g/mol. The molecule has 7 heteroatoms. The molecule has 0 aromatic heterocycles. The van der Waals surface area contributed by atoms with Gasteiger partial charge >= 0.3 is 0 Å². The zero-order valence-corrected chi connectivity index (χ0v) is 55.3. The number of hydrogen-bond donors (Lipinski definition) is 1. The maximum atomic E-state index is 8.12. The molecule has 1 unspecified atom stereocenters. The number of rotatable bonds is 22. The lowest BCUT2D eigenvalue weighted by Crippen LogP contribution is -2.38. The minimum absolute atomic E-state index is 0.174. The number of para-hydroxylation sites is 7. The summed E-state index contributed by atoms with van der Waals surface area (Å²) in [6, 6.07) is 128. The van der Waals surface area contributed by atoms with E-state index in [1.54, 1.807) is 0 Å². The molecule has 0 spiro atoms. The van der Waals surface area contributed by atoms with Crippen molar-refractivity contribution in [2.75, 3.05) is 29.4 Å². The quantitative estimate of drug-likeness (QED) is 0.0725. The molecule has 99 heavy (non-hydrogen) atoms. The van der Waals surface area contributed by atoms with Crippen molar-refractivity contribution < 1.29 is 0 Å². The molecule has 2 N–H and O–H groups in total. The standard InChI is InChI=1S/C92H77N7/c93-92(70-71-28-10-1-11-29-71,72-46-50-82(51-47-72)98(88-62-54-84(55-63-88)94(74-30-12-2-13-31-74)75-32-14-3-15-33-75)89-64-56-85(57-65-89)95(76-34-16-4-17-35-76)77-36-18-5-19-37-77)73-48-52-83(53-49-73)99(90-66-58-86(59-67-90)96(78-38-20-6-21-39-78)79-40-22-7-23-41-79)91-68-60-87(61-69-91)97(80-42-24-8-25-43-80)81-44-26-9-27-45-81/h2-10,12-44,46-69,81H,1,11,45,70,93H2/t81?,92-/m1/s1. The maximum absolute atomic E-state index is 8.12. The van der Waals surface area contributed by atoms with Gasteiger partial charge in [-0.05, 0) is 249 Å². The molecule has 0 heterocycles. The number of benzene rings is 13. The lowest BCUT2D eigenvalue weighted by molar-refractivity contribution is 0.535. The van der Waals surface area contributed by atoms with Gasteiger partial charge in [-0.15, -0.1) is 0 Å². The Bertz CT molecular complexity index is 4620. The summed E-state index contributed by atoms with van der Waals surface area (Å²) in [6.07, 6.45) is 19.3. The number of hydrogen-bond acceptors (Lipinski definition) is 7. The first-order valence-corrected chi connectivity index (χ1v) is 34.2. The van der Waals surface area contributed by atoms with Crippen LogP contribution in [0.1, 0.15) is 36.8 Å². The topological polar surface area (TPSA) is 45.5 Å². The fourth-order valence-electron chi connectivity index (χ4n) is 13.9. The van der Waals surface area contributed by atoms with Crippen LogP contribution in [0.4, 0.5) is 96.7 Å². The molecule has 0 saturated heterocycles. The van der Waals surface area contributed by atoms with Crippen molar-refractivity contribution >= 4 is 96.7 Å². The smallest absolute Gasteiger partial charge is 0.0706 e. The van der Waals surface area contributed by atoms with E-state index in [0.717, 1.165) is 127 Å². The lowest BCUT2D eigenvalue weighted by Gasteiger charge is -2.34. The highest BCUT2D eigenvalue weighted by atomic mass is 15.2. The highest BCUT2D eigenvalue weighted by molar-refractivity contribution is 5.86. The molecular formula is C92H77N7. The number of nitrogens with two attached hydrogens (primary N) is 1. The van der Waals surface area contributed by atoms with Crippen molar-refractivity contribution in [1.29, 1.82) is 0 Å². The van der Waals surface area contributed by atoms with Gasteiger partial charge in [0.1, 0.15) is 0 Å². The van der Waals surface area contributed by atoms with E-state index in [9.17, 15) is 0 Å². The molecule has 0 aliphatic heterocycles. The van der Waals surface area contributed by atoms with Gasteiger partial charge in [-0.3, -0.25) is 0 Å². The van der Waals surface area contributed by atoms with Crippen molar-refractivity contribution in [2.24, 2.45) is 5.73 Å². The highest BCUT2D eigenvalue weighted by Crippen LogP contribution is 2.46. The molecule has 13 aromatic rings. The third-order valence-corrected chi connectivity index (χ3v) is 18.7. The molecule has 0 fully saturated rings. The van der Waals surface area contributed by atoms with Crippen molar-refractivity contribution in [3.63, 3.8) is 0 Å². The number of anilines is 17. The molecule has 0 amide bonds. The van der Waals surface area contributed by atoms with E-state index in [4.69, 9.17) is 5.73 Å². The van der Waals surface area contributed by atoms with Crippen molar-refractivity contribution in [2.45, 2.75) is 37.3 Å². The van der Waals surface area contributed by atoms with Crippen LogP contribution in [0.3, 0.4) is 0 Å². The van der Waals surface area contributed by atoms with Gasteiger partial charge in [0.15, 0.2) is 0 Å². The summed E-state index contributed by atoms with van der Waals surface area (Å²) in [5.74, 6) is 0. The third kappa shape index (κ3) is 13.7. The van der Waals surface area contributed by atoms with Crippen LogP contribution in [0.15, 0.2) is 406 Å². The van der Waals surface area contributed by atoms with E-state index in [2.05, 4.69) is 430 Å². The molecule has 15 rings (SSSR count). The molecule has 0 bridgehead atoms. The molecule has 480 valence electrons. The summed E-state index contributed by atoms with van der Waals surface area (Å²) in [6.45, 7) is 0. The third-order valence-electron chi connectivity index (χ3n) is 18.7. The second-order valence-corrected chi connectivity index (χ2v) is 25.1. The zero-order valence-electron chi connectivity index (χ0n) is 55.3. The lowest BCUT2D eigenvalue weighted by atomic mass is 9.78. The molecule has 0 saturated carbocycles. The molecule has 2 aliphatic rings. The SMILES string of the molecule is N[C@](CC1=CCCC=C1)(c1ccc(N(c2ccc(N(c3ccccc3)c3ccccc3)cc2)c2ccc(N(c3ccccc3)c3ccccc3)cc2)cc1)c1ccc(N(c2ccc(N(c3ccccc3)c3ccccc3)cc2)c2ccc(N(c3ccccc3)C3C=CC=CC3)cc2)cc1. The van der Waals surface area contributed by atoms with Crippen LogP contribution in [0, 0.1) is 0 Å². The summed E-state index contributed by atoms with van der Waals surface area (Å²) < 4.78 is 0. The van der Waals surface area contributed by atoms with Gasteiger partial charge in [0.2, 0.25) is 0 Å². The summed E-state index contributed by atoms with van der Waals surface area (Å²) in [5.41, 5.74) is 28.5. The molecule has 2 aliphatic carbocycles. The van der Waals surface area contributed by atoms with E-state index in [0.29, 0.717) is 6.42 Å². The highest BCUT2D eigenvalue weighted by Gasteiger charge is 2.32. The average Bonchev–Trinajstić information content (AvgIpc) is 0.779. The molecule has 2 atom stereocenters. The van der Waals surface area contributed by atoms with E-state index in [-0.39, 0.29) is 6.04 Å². The van der Waals surface area contributed by atoms with Crippen LogP contribution in [0.2, 0.25) is 0 Å². The second-order valence-electron chi connectivity index (χ2n) is 25.1. The molecule has 0 radical (unpaired) electrons. The van der Waals surface area contributed by atoms with Crippen LogP contribution in [-0.2, 0) is 5.54 Å². The maximum Gasteiger partial charge on any atom is 0.0706 e. The van der Waals surface area contributed by atoms with E-state index in [1.807, 2.05) is 0 Å². The van der Waals surface area contributed by atoms with E-state index in [1.165, 1.54) is 5.57 Å². The summed E-state index contributed by atoms with van der Waals surface area (Å²) >= 11 is 0. The molecule has 13 aromatic carbocycles. The Labute approximate surface area is 582 Å². The first-order chi connectivity index (χ1) is 49.0. The first-order valence-electron chi connectivity index (χ1n) is 34.2. The Morgan fingerprint density at radius 3 is 0.758 bits per heavy atom. The number of allylic oxidation sites excluding steroid dienone is 5. The largest absolute Gasteiger partial charge is 0.334 e. The normalized spacial score (nSPS) is 13.7. The van der Waals surface area contributed by atoms with Gasteiger partial charge in [-0.2, -0.15) is 0 Å². The average molecular weight is 1280 g/mol. The van der Waals surface area contributed by atoms with Gasteiger partial charge in [0, 0.05) is 96.7 Å². The molecule has 7 nitrogen and oxygen atoms in total. The molecular weight excluding hydrogens is 1200 g/mol. The van der Waals surface area contributed by atoms with Gasteiger partial charge in [0.25, 0.3) is 0 Å². The van der Waals surface area contributed by atoms with Crippen molar-refractivity contribution in [3.8, 4) is 0 Å². The zero-order chi connectivity index (χ0) is 66.6. The fourth-order valence-corrected chi connectivity index (χ4v) is 13.9. The Morgan fingerprint density at radius 2 is 0.505 bits per heavy atom. The van der Waals surface area contributed by atoms with E-state index < -0.39 is 5.54 Å². The van der Waals surface area contributed by atoms with Crippen LogP contribution >= 0.6 is 0 Å². The minimum Gasteiger partial charge on any atom is -0.334 e. The van der Waals surface area contributed by atoms with E-state index >= 15 is 0 Å². The predicted molar refractivity (Wildman–Crippen MR) is 418 cm³/mol. The Kier molecular flexibility index (Phi) is 18.5. The van der Waals surface area contributed by atoms with Gasteiger partial charge in [-0.25, -0.2) is 0 Å². The fraction of sp³-hybridized carbons (Fsp3) is 0.0652. The summed E-state index contributed by atoms with van der Waals surface area (Å²) in [4.78, 5) is 14.1. The predicted octanol–water partition coefficient (Wildman–Crippen LogP) is 24.9. The Morgan fingerprint density at radius 1 is 0.263 bits per heavy atom. The van der Waals surface area contributed by atoms with Crippen molar-refractivity contribution in [1.82, 2.24) is 0 Å². The van der Waals surface area contributed by atoms with Crippen LogP contribution in [-0.4, -0.2) is 6.04 Å².